The molecule has 0 aliphatic rings. The molecule has 1 aromatic carbocycles. The molecule has 0 spiro atoms. The number of sulfone groups is 1. The van der Waals surface area contributed by atoms with E-state index < -0.39 is 9.84 Å². The van der Waals surface area contributed by atoms with E-state index in [9.17, 15) is 8.42 Å². The molecule has 0 radical (unpaired) electrons. The van der Waals surface area contributed by atoms with Crippen LogP contribution in [0.1, 0.15) is 5.56 Å². The van der Waals surface area contributed by atoms with Gasteiger partial charge in [0.2, 0.25) is 0 Å². The van der Waals surface area contributed by atoms with E-state index in [1.165, 1.54) is 0 Å². The second kappa shape index (κ2) is 5.99. The van der Waals surface area contributed by atoms with Gasteiger partial charge < -0.3 is 5.32 Å². The van der Waals surface area contributed by atoms with Crippen molar-refractivity contribution < 1.29 is 8.42 Å². The predicted molar refractivity (Wildman–Crippen MR) is 81.1 cm³/mol. The molecule has 2 rings (SSSR count). The third-order valence-electron chi connectivity index (χ3n) is 2.67. The van der Waals surface area contributed by atoms with E-state index in [0.717, 1.165) is 11.9 Å². The molecule has 0 saturated carbocycles. The Hall–Kier alpha value is -1.30. The highest BCUT2D eigenvalue weighted by Gasteiger charge is 2.15. The highest BCUT2D eigenvalue weighted by Crippen LogP contribution is 2.25. The van der Waals surface area contributed by atoms with Gasteiger partial charge in [-0.05, 0) is 24.3 Å². The highest BCUT2D eigenvalue weighted by molar-refractivity contribution is 7.90. The van der Waals surface area contributed by atoms with E-state index in [1.807, 2.05) is 0 Å². The van der Waals surface area contributed by atoms with Gasteiger partial charge in [0.1, 0.15) is 5.15 Å². The lowest BCUT2D eigenvalue weighted by Crippen LogP contribution is -2.08. The van der Waals surface area contributed by atoms with Crippen LogP contribution in [0.5, 0.6) is 0 Å². The molecule has 0 amide bonds. The van der Waals surface area contributed by atoms with Crippen LogP contribution in [0.3, 0.4) is 0 Å². The summed E-state index contributed by atoms with van der Waals surface area (Å²) in [6, 6.07) is 8.22. The number of rotatable bonds is 4. The fraction of sp³-hybridized carbons (Fsp3) is 0.154. The SMILES string of the molecule is CS(=O)(=O)c1cccc(Cl)c1CNc1ccc(Cl)nc1. The minimum atomic E-state index is -3.33. The Morgan fingerprint density at radius 3 is 2.55 bits per heavy atom. The van der Waals surface area contributed by atoms with Gasteiger partial charge in [0, 0.05) is 23.4 Å². The molecule has 1 heterocycles. The average Bonchev–Trinajstić information content (AvgIpc) is 2.38. The van der Waals surface area contributed by atoms with Crippen LogP contribution in [0.15, 0.2) is 41.4 Å². The van der Waals surface area contributed by atoms with Crippen molar-refractivity contribution in [2.45, 2.75) is 11.4 Å². The smallest absolute Gasteiger partial charge is 0.175 e. The molecule has 1 aromatic heterocycles. The van der Waals surface area contributed by atoms with Gasteiger partial charge in [-0.1, -0.05) is 29.3 Å². The summed E-state index contributed by atoms with van der Waals surface area (Å²) in [6.07, 6.45) is 2.73. The van der Waals surface area contributed by atoms with E-state index in [0.29, 0.717) is 15.7 Å². The fourth-order valence-electron chi connectivity index (χ4n) is 1.73. The van der Waals surface area contributed by atoms with Crippen molar-refractivity contribution in [3.8, 4) is 0 Å². The van der Waals surface area contributed by atoms with E-state index in [2.05, 4.69) is 10.3 Å². The highest BCUT2D eigenvalue weighted by atomic mass is 35.5. The second-order valence-corrected chi connectivity index (χ2v) is 6.99. The van der Waals surface area contributed by atoms with Crippen molar-refractivity contribution >= 4 is 38.7 Å². The Kier molecular flexibility index (Phi) is 4.52. The molecular formula is C13H12Cl2N2O2S. The molecule has 0 bridgehead atoms. The number of nitrogens with zero attached hydrogens (tertiary/aromatic N) is 1. The van der Waals surface area contributed by atoms with Crippen molar-refractivity contribution in [1.29, 1.82) is 0 Å². The molecule has 20 heavy (non-hydrogen) atoms. The molecule has 0 aliphatic heterocycles. The third kappa shape index (κ3) is 3.62. The monoisotopic (exact) mass is 330 g/mol. The lowest BCUT2D eigenvalue weighted by molar-refractivity contribution is 0.601. The molecule has 0 unspecified atom stereocenters. The zero-order valence-corrected chi connectivity index (χ0v) is 12.9. The van der Waals surface area contributed by atoms with Crippen molar-refractivity contribution in [2.75, 3.05) is 11.6 Å². The third-order valence-corrected chi connectivity index (χ3v) is 4.43. The molecule has 4 nitrogen and oxygen atoms in total. The summed E-state index contributed by atoms with van der Waals surface area (Å²) in [5.41, 5.74) is 1.26. The number of hydrogen-bond donors (Lipinski definition) is 1. The van der Waals surface area contributed by atoms with Crippen molar-refractivity contribution in [1.82, 2.24) is 4.98 Å². The first-order valence-corrected chi connectivity index (χ1v) is 8.35. The first-order valence-electron chi connectivity index (χ1n) is 5.71. The molecule has 7 heteroatoms. The van der Waals surface area contributed by atoms with E-state index in [-0.39, 0.29) is 11.4 Å². The quantitative estimate of drug-likeness (QED) is 0.873. The standard InChI is InChI=1S/C13H12Cl2N2O2S/c1-20(18,19)12-4-2-3-11(14)10(12)8-16-9-5-6-13(15)17-7-9/h2-7,16H,8H2,1H3. The number of halogens is 2. The zero-order valence-electron chi connectivity index (χ0n) is 10.6. The van der Waals surface area contributed by atoms with Gasteiger partial charge in [-0.25, -0.2) is 13.4 Å². The summed E-state index contributed by atoms with van der Waals surface area (Å²) in [5.74, 6) is 0. The van der Waals surface area contributed by atoms with Gasteiger partial charge in [0.25, 0.3) is 0 Å². The first kappa shape index (κ1) is 15.1. The van der Waals surface area contributed by atoms with Crippen molar-refractivity contribution in [3.63, 3.8) is 0 Å². The zero-order chi connectivity index (χ0) is 14.8. The van der Waals surface area contributed by atoms with Crippen LogP contribution in [0, 0.1) is 0 Å². The first-order chi connectivity index (χ1) is 9.38. The summed E-state index contributed by atoms with van der Waals surface area (Å²) >= 11 is 11.8. The molecule has 0 saturated heterocycles. The van der Waals surface area contributed by atoms with Gasteiger partial charge >= 0.3 is 0 Å². The lowest BCUT2D eigenvalue weighted by atomic mass is 10.2. The average molecular weight is 331 g/mol. The number of anilines is 1. The normalized spacial score (nSPS) is 11.3. The van der Waals surface area contributed by atoms with Crippen LogP contribution in [-0.4, -0.2) is 19.7 Å². The van der Waals surface area contributed by atoms with Gasteiger partial charge in [-0.15, -0.1) is 0 Å². The molecule has 106 valence electrons. The summed E-state index contributed by atoms with van der Waals surface area (Å²) < 4.78 is 23.5. The summed E-state index contributed by atoms with van der Waals surface area (Å²) in [5, 5.41) is 3.87. The molecule has 1 N–H and O–H groups in total. The molecule has 0 fully saturated rings. The van der Waals surface area contributed by atoms with Crippen LogP contribution in [-0.2, 0) is 16.4 Å². The predicted octanol–water partition coefficient (Wildman–Crippen LogP) is 3.40. The van der Waals surface area contributed by atoms with Crippen molar-refractivity contribution in [3.05, 3.63) is 52.3 Å². The van der Waals surface area contributed by atoms with Gasteiger partial charge in [0.15, 0.2) is 9.84 Å². The van der Waals surface area contributed by atoms with Gasteiger partial charge in [-0.3, -0.25) is 0 Å². The summed E-state index contributed by atoms with van der Waals surface area (Å²) in [6.45, 7) is 0.283. The Labute approximate surface area is 127 Å². The second-order valence-electron chi connectivity index (χ2n) is 4.21. The number of benzene rings is 1. The number of aromatic nitrogens is 1. The van der Waals surface area contributed by atoms with Gasteiger partial charge in [0.05, 0.1) is 16.8 Å². The number of pyridine rings is 1. The molecular weight excluding hydrogens is 319 g/mol. The molecule has 0 aliphatic carbocycles. The minimum Gasteiger partial charge on any atom is -0.380 e. The molecule has 2 aromatic rings. The Balaban J connectivity index is 2.27. The van der Waals surface area contributed by atoms with Crippen LogP contribution < -0.4 is 5.32 Å². The Bertz CT molecular complexity index is 716. The van der Waals surface area contributed by atoms with E-state index in [4.69, 9.17) is 23.2 Å². The van der Waals surface area contributed by atoms with E-state index in [1.54, 1.807) is 36.5 Å². The van der Waals surface area contributed by atoms with E-state index >= 15 is 0 Å². The maximum absolute atomic E-state index is 11.7. The van der Waals surface area contributed by atoms with Crippen molar-refractivity contribution in [2.24, 2.45) is 0 Å². The maximum atomic E-state index is 11.7. The lowest BCUT2D eigenvalue weighted by Gasteiger charge is -2.12. The molecule has 0 atom stereocenters. The maximum Gasteiger partial charge on any atom is 0.175 e. The summed E-state index contributed by atoms with van der Waals surface area (Å²) in [4.78, 5) is 4.16. The van der Waals surface area contributed by atoms with Crippen LogP contribution in [0.25, 0.3) is 0 Å². The Morgan fingerprint density at radius 2 is 1.95 bits per heavy atom. The van der Waals surface area contributed by atoms with Gasteiger partial charge in [-0.2, -0.15) is 0 Å². The number of hydrogen-bond acceptors (Lipinski definition) is 4. The largest absolute Gasteiger partial charge is 0.380 e. The number of nitrogens with one attached hydrogen (secondary N) is 1. The summed E-state index contributed by atoms with van der Waals surface area (Å²) in [7, 11) is -3.33. The minimum absolute atomic E-state index is 0.222. The van der Waals surface area contributed by atoms with Crippen LogP contribution >= 0.6 is 23.2 Å². The van der Waals surface area contributed by atoms with Crippen LogP contribution in [0.2, 0.25) is 10.2 Å². The fourth-order valence-corrected chi connectivity index (χ4v) is 3.09. The topological polar surface area (TPSA) is 59.1 Å². The van der Waals surface area contributed by atoms with Crippen LogP contribution in [0.4, 0.5) is 5.69 Å². The Morgan fingerprint density at radius 1 is 1.20 bits per heavy atom.